The van der Waals surface area contributed by atoms with E-state index in [4.69, 9.17) is 4.74 Å². The first-order valence-electron chi connectivity index (χ1n) is 10.4. The van der Waals surface area contributed by atoms with Gasteiger partial charge in [-0.25, -0.2) is 8.42 Å². The lowest BCUT2D eigenvalue weighted by Crippen LogP contribution is -2.42. The van der Waals surface area contributed by atoms with Gasteiger partial charge in [0.15, 0.2) is 4.80 Å². The number of aromatic nitrogens is 1. The number of hydrogen-bond donors (Lipinski definition) is 0. The van der Waals surface area contributed by atoms with Crippen LogP contribution in [-0.2, 0) is 21.4 Å². The zero-order valence-corrected chi connectivity index (χ0v) is 19.4. The van der Waals surface area contributed by atoms with Gasteiger partial charge in [0, 0.05) is 19.6 Å². The minimum atomic E-state index is -3.64. The van der Waals surface area contributed by atoms with E-state index in [1.165, 1.54) is 15.6 Å². The molecule has 1 aliphatic rings. The molecule has 1 fully saturated rings. The van der Waals surface area contributed by atoms with Gasteiger partial charge in [0.05, 0.1) is 28.1 Å². The SMILES string of the molecule is C=CCn1c(=NC(=O)C2CCCN(S(=O)(=O)c3ccccc3)C2)sc2cc(OC)ccc21. The number of allylic oxidation sites excluding steroid dienone is 1. The molecule has 1 saturated heterocycles. The Hall–Kier alpha value is -2.75. The highest BCUT2D eigenvalue weighted by molar-refractivity contribution is 7.89. The molecule has 0 bridgehead atoms. The van der Waals surface area contributed by atoms with Crippen LogP contribution in [0.25, 0.3) is 10.2 Å². The van der Waals surface area contributed by atoms with E-state index in [0.717, 1.165) is 16.0 Å². The van der Waals surface area contributed by atoms with Crippen LogP contribution in [0, 0.1) is 5.92 Å². The largest absolute Gasteiger partial charge is 0.497 e. The first kappa shape index (κ1) is 22.4. The third kappa shape index (κ3) is 4.41. The van der Waals surface area contributed by atoms with E-state index in [9.17, 15) is 13.2 Å². The Morgan fingerprint density at radius 2 is 2.06 bits per heavy atom. The molecule has 1 aromatic heterocycles. The lowest BCUT2D eigenvalue weighted by molar-refractivity contribution is -0.122. The van der Waals surface area contributed by atoms with E-state index in [-0.39, 0.29) is 17.3 Å². The highest BCUT2D eigenvalue weighted by atomic mass is 32.2. The van der Waals surface area contributed by atoms with Crippen LogP contribution in [0.5, 0.6) is 5.75 Å². The monoisotopic (exact) mass is 471 g/mol. The molecule has 0 aliphatic carbocycles. The van der Waals surface area contributed by atoms with Gasteiger partial charge in [-0.15, -0.1) is 6.58 Å². The fourth-order valence-corrected chi connectivity index (χ4v) is 6.48. The predicted molar refractivity (Wildman–Crippen MR) is 125 cm³/mol. The molecule has 1 atom stereocenters. The number of ether oxygens (including phenoxy) is 1. The van der Waals surface area contributed by atoms with Gasteiger partial charge < -0.3 is 9.30 Å². The van der Waals surface area contributed by atoms with Crippen molar-refractivity contribution in [3.63, 3.8) is 0 Å². The molecule has 3 aromatic rings. The standard InChI is InChI=1S/C23H25N3O4S2/c1-3-13-26-20-12-11-18(30-2)15-21(20)31-23(26)24-22(27)17-8-7-14-25(16-17)32(28,29)19-9-5-4-6-10-19/h3-6,9-12,15,17H,1,7-8,13-14,16H2,2H3. The number of carbonyl (C=O) groups excluding carboxylic acids is 1. The van der Waals surface area contributed by atoms with E-state index >= 15 is 0 Å². The Bertz CT molecular complexity index is 1310. The normalized spacial score (nSPS) is 18.0. The lowest BCUT2D eigenvalue weighted by Gasteiger charge is -2.30. The summed E-state index contributed by atoms with van der Waals surface area (Å²) in [5, 5.41) is 0. The first-order chi connectivity index (χ1) is 15.4. The Kier molecular flexibility index (Phi) is 6.59. The van der Waals surface area contributed by atoms with Crippen LogP contribution in [0.1, 0.15) is 12.8 Å². The van der Waals surface area contributed by atoms with Gasteiger partial charge in [0.25, 0.3) is 5.91 Å². The molecule has 0 N–H and O–H groups in total. The van der Waals surface area contributed by atoms with Crippen molar-refractivity contribution >= 4 is 37.5 Å². The van der Waals surface area contributed by atoms with Crippen LogP contribution in [0.3, 0.4) is 0 Å². The molecular formula is C23H25N3O4S2. The molecular weight excluding hydrogens is 446 g/mol. The van der Waals surface area contributed by atoms with Crippen LogP contribution in [0.4, 0.5) is 0 Å². The third-order valence-corrected chi connectivity index (χ3v) is 8.44. The van der Waals surface area contributed by atoms with Crippen molar-refractivity contribution in [3.05, 3.63) is 66.0 Å². The third-order valence-electron chi connectivity index (χ3n) is 5.52. The van der Waals surface area contributed by atoms with Crippen LogP contribution in [0.2, 0.25) is 0 Å². The molecule has 168 valence electrons. The smallest absolute Gasteiger partial charge is 0.252 e. The Labute approximate surface area is 191 Å². The minimum absolute atomic E-state index is 0.139. The zero-order valence-electron chi connectivity index (χ0n) is 17.8. The number of benzene rings is 2. The predicted octanol–water partition coefficient (Wildman–Crippen LogP) is 3.43. The number of methoxy groups -OCH3 is 1. The van der Waals surface area contributed by atoms with Crippen molar-refractivity contribution in [1.29, 1.82) is 0 Å². The molecule has 1 unspecified atom stereocenters. The molecule has 2 aromatic carbocycles. The number of amides is 1. The summed E-state index contributed by atoms with van der Waals surface area (Å²) in [4.78, 5) is 18.3. The fourth-order valence-electron chi connectivity index (χ4n) is 3.86. The number of sulfonamides is 1. The second kappa shape index (κ2) is 9.40. The lowest BCUT2D eigenvalue weighted by atomic mass is 9.99. The fraction of sp³-hybridized carbons (Fsp3) is 0.304. The summed E-state index contributed by atoms with van der Waals surface area (Å²) in [7, 11) is -2.03. The summed E-state index contributed by atoms with van der Waals surface area (Å²) >= 11 is 1.40. The molecule has 0 saturated carbocycles. The van der Waals surface area contributed by atoms with Crippen molar-refractivity contribution in [2.75, 3.05) is 20.2 Å². The maximum Gasteiger partial charge on any atom is 0.252 e. The quantitative estimate of drug-likeness (QED) is 0.516. The van der Waals surface area contributed by atoms with Crippen molar-refractivity contribution in [2.45, 2.75) is 24.3 Å². The number of nitrogens with zero attached hydrogens (tertiary/aromatic N) is 3. The van der Waals surface area contributed by atoms with Crippen LogP contribution >= 0.6 is 11.3 Å². The molecule has 0 radical (unpaired) electrons. The van der Waals surface area contributed by atoms with E-state index < -0.39 is 15.9 Å². The van der Waals surface area contributed by atoms with E-state index in [1.807, 2.05) is 22.8 Å². The maximum absolute atomic E-state index is 13.1. The average Bonchev–Trinajstić information content (AvgIpc) is 3.16. The van der Waals surface area contributed by atoms with Gasteiger partial charge >= 0.3 is 0 Å². The van der Waals surface area contributed by atoms with Crippen molar-refractivity contribution in [2.24, 2.45) is 10.9 Å². The Morgan fingerprint density at radius 3 is 2.78 bits per heavy atom. The topological polar surface area (TPSA) is 81.0 Å². The van der Waals surface area contributed by atoms with Gasteiger partial charge in [-0.05, 0) is 43.2 Å². The number of carbonyl (C=O) groups is 1. The number of thiazole rings is 1. The summed E-state index contributed by atoms with van der Waals surface area (Å²) in [6, 6.07) is 14.0. The van der Waals surface area contributed by atoms with Gasteiger partial charge in [0.2, 0.25) is 10.0 Å². The number of fused-ring (bicyclic) bond motifs is 1. The summed E-state index contributed by atoms with van der Waals surface area (Å²) in [5.74, 6) is -0.0371. The average molecular weight is 472 g/mol. The number of rotatable bonds is 6. The minimum Gasteiger partial charge on any atom is -0.497 e. The van der Waals surface area contributed by atoms with E-state index in [1.54, 1.807) is 43.5 Å². The van der Waals surface area contributed by atoms with Crippen molar-refractivity contribution < 1.29 is 17.9 Å². The molecule has 1 aliphatic heterocycles. The van der Waals surface area contributed by atoms with E-state index in [0.29, 0.717) is 30.7 Å². The maximum atomic E-state index is 13.1. The molecule has 2 heterocycles. The molecule has 32 heavy (non-hydrogen) atoms. The summed E-state index contributed by atoms with van der Waals surface area (Å²) < 4.78 is 35.6. The number of piperidine rings is 1. The molecule has 1 amide bonds. The Balaban J connectivity index is 1.64. The Morgan fingerprint density at radius 1 is 1.28 bits per heavy atom. The van der Waals surface area contributed by atoms with Gasteiger partial charge in [-0.3, -0.25) is 4.79 Å². The highest BCUT2D eigenvalue weighted by Gasteiger charge is 2.33. The molecule has 7 nitrogen and oxygen atoms in total. The van der Waals surface area contributed by atoms with Gasteiger partial charge in [0.1, 0.15) is 5.75 Å². The molecule has 4 rings (SSSR count). The van der Waals surface area contributed by atoms with E-state index in [2.05, 4.69) is 11.6 Å². The molecule has 0 spiro atoms. The summed E-state index contributed by atoms with van der Waals surface area (Å²) in [5.41, 5.74) is 0.944. The zero-order chi connectivity index (χ0) is 22.7. The van der Waals surface area contributed by atoms with Gasteiger partial charge in [-0.2, -0.15) is 9.30 Å². The highest BCUT2D eigenvalue weighted by Crippen LogP contribution is 2.26. The molecule has 9 heteroatoms. The first-order valence-corrected chi connectivity index (χ1v) is 12.6. The number of hydrogen-bond acceptors (Lipinski definition) is 5. The van der Waals surface area contributed by atoms with Crippen molar-refractivity contribution in [1.82, 2.24) is 8.87 Å². The van der Waals surface area contributed by atoms with Crippen LogP contribution < -0.4 is 9.54 Å². The van der Waals surface area contributed by atoms with Crippen LogP contribution in [-0.4, -0.2) is 43.4 Å². The van der Waals surface area contributed by atoms with Crippen molar-refractivity contribution in [3.8, 4) is 5.75 Å². The van der Waals surface area contributed by atoms with Gasteiger partial charge in [-0.1, -0.05) is 35.6 Å². The summed E-state index contributed by atoms with van der Waals surface area (Å²) in [6.07, 6.45) is 2.99. The van der Waals surface area contributed by atoms with Crippen LogP contribution in [0.15, 0.2) is 71.1 Å². The second-order valence-corrected chi connectivity index (χ2v) is 10.5. The second-order valence-electron chi connectivity index (χ2n) is 7.58. The summed E-state index contributed by atoms with van der Waals surface area (Å²) in [6.45, 7) is 4.86.